The number of halogens is 2. The Labute approximate surface area is 183 Å². The Balaban J connectivity index is 1.93. The normalized spacial score (nSPS) is 14.7. The molecule has 1 aliphatic heterocycles. The molecule has 0 saturated carbocycles. The summed E-state index contributed by atoms with van der Waals surface area (Å²) in [5.41, 5.74) is 1.63. The lowest BCUT2D eigenvalue weighted by Crippen LogP contribution is -2.06. The van der Waals surface area contributed by atoms with Crippen molar-refractivity contribution >= 4 is 55.5 Å². The molecule has 0 unspecified atom stereocenters. The smallest absolute Gasteiger partial charge is 0.363 e. The fraction of sp³-hybridized carbons (Fsp3) is 0.200. The molecule has 9 heteroatoms. The van der Waals surface area contributed by atoms with Crippen molar-refractivity contribution in [2.24, 2.45) is 4.99 Å². The van der Waals surface area contributed by atoms with E-state index in [-0.39, 0.29) is 17.3 Å². The maximum absolute atomic E-state index is 12.2. The number of benzene rings is 2. The molecule has 0 fully saturated rings. The van der Waals surface area contributed by atoms with Gasteiger partial charge in [0.2, 0.25) is 5.90 Å². The summed E-state index contributed by atoms with van der Waals surface area (Å²) in [6.45, 7) is 4.24. The molecule has 7 nitrogen and oxygen atoms in total. The van der Waals surface area contributed by atoms with Crippen LogP contribution in [-0.4, -0.2) is 23.4 Å². The molecule has 3 rings (SSSR count). The van der Waals surface area contributed by atoms with E-state index in [1.54, 1.807) is 37.3 Å². The Morgan fingerprint density at radius 1 is 1.24 bits per heavy atom. The molecule has 150 valence electrons. The summed E-state index contributed by atoms with van der Waals surface area (Å²) in [6.07, 6.45) is 2.46. The zero-order chi connectivity index (χ0) is 21.1. The van der Waals surface area contributed by atoms with Crippen molar-refractivity contribution in [1.82, 2.24) is 0 Å². The van der Waals surface area contributed by atoms with E-state index in [1.807, 2.05) is 6.92 Å². The zero-order valence-corrected chi connectivity index (χ0v) is 18.7. The van der Waals surface area contributed by atoms with E-state index >= 15 is 0 Å². The molecule has 0 radical (unpaired) electrons. The van der Waals surface area contributed by atoms with Crippen molar-refractivity contribution in [2.45, 2.75) is 20.3 Å². The van der Waals surface area contributed by atoms with Gasteiger partial charge in [-0.05, 0) is 75.0 Å². The highest BCUT2D eigenvalue weighted by atomic mass is 79.9. The topological polar surface area (TPSA) is 91.0 Å². The van der Waals surface area contributed by atoms with Gasteiger partial charge >= 0.3 is 5.97 Å². The predicted molar refractivity (Wildman–Crippen MR) is 116 cm³/mol. The average molecular weight is 524 g/mol. The summed E-state index contributed by atoms with van der Waals surface area (Å²) in [7, 11) is 0. The van der Waals surface area contributed by atoms with Crippen molar-refractivity contribution in [1.29, 1.82) is 0 Å². The van der Waals surface area contributed by atoms with E-state index in [2.05, 4.69) is 36.9 Å². The highest BCUT2D eigenvalue weighted by molar-refractivity contribution is 9.11. The van der Waals surface area contributed by atoms with E-state index < -0.39 is 10.9 Å². The lowest BCUT2D eigenvalue weighted by Gasteiger charge is -2.10. The number of cyclic esters (lactones) is 1. The van der Waals surface area contributed by atoms with Crippen LogP contribution >= 0.6 is 31.9 Å². The van der Waals surface area contributed by atoms with Crippen LogP contribution in [0.25, 0.3) is 6.08 Å². The Morgan fingerprint density at radius 3 is 2.55 bits per heavy atom. The summed E-state index contributed by atoms with van der Waals surface area (Å²) >= 11 is 6.94. The van der Waals surface area contributed by atoms with Crippen LogP contribution in [0.4, 0.5) is 5.69 Å². The maximum atomic E-state index is 12.2. The van der Waals surface area contributed by atoms with Crippen LogP contribution in [0.3, 0.4) is 0 Å². The van der Waals surface area contributed by atoms with Crippen LogP contribution in [0.2, 0.25) is 0 Å². The third-order valence-electron chi connectivity index (χ3n) is 4.05. The van der Waals surface area contributed by atoms with Gasteiger partial charge in [-0.25, -0.2) is 9.79 Å². The lowest BCUT2D eigenvalue weighted by molar-refractivity contribution is -0.385. The van der Waals surface area contributed by atoms with Gasteiger partial charge in [0.05, 0.1) is 20.5 Å². The van der Waals surface area contributed by atoms with Gasteiger partial charge in [0.15, 0.2) is 5.70 Å². The number of rotatable bonds is 6. The minimum atomic E-state index is -0.623. The number of aryl methyl sites for hydroxylation is 1. The first-order chi connectivity index (χ1) is 13.8. The first kappa shape index (κ1) is 21.2. The van der Waals surface area contributed by atoms with Gasteiger partial charge in [-0.15, -0.1) is 0 Å². The lowest BCUT2D eigenvalue weighted by atomic mass is 10.1. The molecular formula is C20H16Br2N2O5. The van der Waals surface area contributed by atoms with Gasteiger partial charge in [-0.3, -0.25) is 10.1 Å². The number of carbonyl (C=O) groups is 1. The number of hydrogen-bond donors (Lipinski definition) is 0. The van der Waals surface area contributed by atoms with Crippen LogP contribution < -0.4 is 4.74 Å². The first-order valence-corrected chi connectivity index (χ1v) is 10.3. The van der Waals surface area contributed by atoms with Gasteiger partial charge < -0.3 is 9.47 Å². The molecule has 0 N–H and O–H groups in total. The summed E-state index contributed by atoms with van der Waals surface area (Å²) < 4.78 is 12.4. The van der Waals surface area contributed by atoms with E-state index in [0.717, 1.165) is 15.4 Å². The fourth-order valence-corrected chi connectivity index (χ4v) is 4.09. The molecule has 0 spiro atoms. The largest absolute Gasteiger partial charge is 0.491 e. The molecule has 2 aromatic rings. The van der Waals surface area contributed by atoms with Crippen LogP contribution in [0.15, 0.2) is 50.0 Å². The van der Waals surface area contributed by atoms with Crippen LogP contribution in [0.5, 0.6) is 5.75 Å². The maximum Gasteiger partial charge on any atom is 0.363 e. The molecule has 0 saturated heterocycles. The van der Waals surface area contributed by atoms with Crippen molar-refractivity contribution in [3.63, 3.8) is 0 Å². The predicted octanol–water partition coefficient (Wildman–Crippen LogP) is 5.56. The molecular weight excluding hydrogens is 508 g/mol. The molecule has 0 aliphatic carbocycles. The summed E-state index contributed by atoms with van der Waals surface area (Å²) in [6, 6.07) is 8.18. The molecule has 0 atom stereocenters. The summed E-state index contributed by atoms with van der Waals surface area (Å²) in [5.74, 6) is 0.0892. The van der Waals surface area contributed by atoms with Gasteiger partial charge in [-0.2, -0.15) is 0 Å². The molecule has 0 aromatic heterocycles. The number of aliphatic imine (C=N–C) groups is 1. The van der Waals surface area contributed by atoms with Gasteiger partial charge in [0, 0.05) is 17.2 Å². The first-order valence-electron chi connectivity index (χ1n) is 8.70. The Kier molecular flexibility index (Phi) is 6.49. The van der Waals surface area contributed by atoms with Crippen LogP contribution in [0, 0.1) is 17.0 Å². The molecule has 0 bridgehead atoms. The Morgan fingerprint density at radius 2 is 1.93 bits per heavy atom. The SMILES string of the molecule is CCCOc1c(Br)cc(/C=C2\N=C(c3ccc(C)c([N+](=O)[O-])c3)OC2=O)cc1Br. The second-order valence-electron chi connectivity index (χ2n) is 6.26. The number of carbonyl (C=O) groups excluding carboxylic acids is 1. The average Bonchev–Trinajstić information content (AvgIpc) is 3.01. The third-order valence-corrected chi connectivity index (χ3v) is 5.23. The highest BCUT2D eigenvalue weighted by Gasteiger charge is 2.26. The molecule has 1 heterocycles. The van der Waals surface area contributed by atoms with Gasteiger partial charge in [0.25, 0.3) is 5.69 Å². The summed E-state index contributed by atoms with van der Waals surface area (Å²) in [4.78, 5) is 27.1. The Bertz CT molecular complexity index is 1040. The van der Waals surface area contributed by atoms with E-state index in [0.29, 0.717) is 29.0 Å². The monoisotopic (exact) mass is 522 g/mol. The minimum absolute atomic E-state index is 0.0328. The van der Waals surface area contributed by atoms with E-state index in [9.17, 15) is 14.9 Å². The van der Waals surface area contributed by atoms with Crippen molar-refractivity contribution < 1.29 is 19.2 Å². The van der Waals surface area contributed by atoms with Gasteiger partial charge in [0.1, 0.15) is 5.75 Å². The number of nitrogens with zero attached hydrogens (tertiary/aromatic N) is 2. The number of esters is 1. The van der Waals surface area contributed by atoms with Crippen molar-refractivity contribution in [3.05, 3.63) is 71.8 Å². The molecule has 29 heavy (non-hydrogen) atoms. The third kappa shape index (κ3) is 4.73. The Hall–Kier alpha value is -2.52. The number of nitro groups is 1. The van der Waals surface area contributed by atoms with Gasteiger partial charge in [-0.1, -0.05) is 13.0 Å². The van der Waals surface area contributed by atoms with Crippen molar-refractivity contribution in [2.75, 3.05) is 6.61 Å². The van der Waals surface area contributed by atoms with E-state index in [1.165, 1.54) is 6.07 Å². The number of nitro benzene ring substituents is 1. The zero-order valence-electron chi connectivity index (χ0n) is 15.6. The van der Waals surface area contributed by atoms with Crippen molar-refractivity contribution in [3.8, 4) is 5.75 Å². The molecule has 0 amide bonds. The van der Waals surface area contributed by atoms with E-state index in [4.69, 9.17) is 9.47 Å². The number of ether oxygens (including phenoxy) is 2. The minimum Gasteiger partial charge on any atom is -0.491 e. The highest BCUT2D eigenvalue weighted by Crippen LogP contribution is 2.36. The second-order valence-corrected chi connectivity index (χ2v) is 7.97. The van der Waals surface area contributed by atoms with Crippen LogP contribution in [0.1, 0.15) is 30.0 Å². The quantitative estimate of drug-likeness (QED) is 0.214. The van der Waals surface area contributed by atoms with Crippen LogP contribution in [-0.2, 0) is 9.53 Å². The second kappa shape index (κ2) is 8.87. The fourth-order valence-electron chi connectivity index (χ4n) is 2.63. The number of hydrogen-bond acceptors (Lipinski definition) is 6. The molecule has 1 aliphatic rings. The standard InChI is InChI=1S/C20H16Br2N2O5/c1-3-6-28-18-14(21)7-12(8-15(18)22)9-16-20(25)29-19(23-16)13-5-4-11(2)17(10-13)24(26)27/h4-5,7-10H,3,6H2,1-2H3/b16-9-. The summed E-state index contributed by atoms with van der Waals surface area (Å²) in [5, 5.41) is 11.1. The molecule has 2 aromatic carbocycles.